The largest absolute Gasteiger partial charge is 0.497 e. The predicted molar refractivity (Wildman–Crippen MR) is 64.5 cm³/mol. The van der Waals surface area contributed by atoms with E-state index >= 15 is 0 Å². The molecule has 0 saturated carbocycles. The van der Waals surface area contributed by atoms with E-state index in [1.165, 1.54) is 7.11 Å². The first kappa shape index (κ1) is 14.0. The highest BCUT2D eigenvalue weighted by molar-refractivity contribution is 5.79. The molecule has 1 aromatic carbocycles. The van der Waals surface area contributed by atoms with E-state index in [2.05, 4.69) is 4.74 Å². The number of methoxy groups -OCH3 is 2. The van der Waals surface area contributed by atoms with Crippen LogP contribution in [0.2, 0.25) is 0 Å². The van der Waals surface area contributed by atoms with Gasteiger partial charge in [0.15, 0.2) is 0 Å². The van der Waals surface area contributed by atoms with Gasteiger partial charge in [0.05, 0.1) is 26.6 Å². The number of rotatable bonds is 6. The lowest BCUT2D eigenvalue weighted by Crippen LogP contribution is -2.22. The highest BCUT2D eigenvalue weighted by Gasteiger charge is 2.22. The van der Waals surface area contributed by atoms with Crippen LogP contribution in [0.4, 0.5) is 0 Å². The van der Waals surface area contributed by atoms with Crippen LogP contribution in [0.15, 0.2) is 24.3 Å². The third kappa shape index (κ3) is 4.08. The molecule has 0 heterocycles. The van der Waals surface area contributed by atoms with Crippen LogP contribution in [0.3, 0.4) is 0 Å². The molecular weight excluding hydrogens is 236 g/mol. The number of ether oxygens (including phenoxy) is 2. The summed E-state index contributed by atoms with van der Waals surface area (Å²) in [5.41, 5.74) is 0.839. The van der Waals surface area contributed by atoms with Crippen molar-refractivity contribution in [2.75, 3.05) is 14.2 Å². The second kappa shape index (κ2) is 6.64. The van der Waals surface area contributed by atoms with E-state index in [1.807, 2.05) is 6.07 Å². The first-order valence-corrected chi connectivity index (χ1v) is 5.49. The molecule has 0 fully saturated rings. The summed E-state index contributed by atoms with van der Waals surface area (Å²) in [5, 5.41) is 8.77. The fourth-order valence-electron chi connectivity index (χ4n) is 1.70. The van der Waals surface area contributed by atoms with E-state index in [0.29, 0.717) is 12.2 Å². The third-order valence-electron chi connectivity index (χ3n) is 2.57. The minimum atomic E-state index is -1.02. The molecule has 5 heteroatoms. The van der Waals surface area contributed by atoms with Gasteiger partial charge in [0, 0.05) is 0 Å². The predicted octanol–water partition coefficient (Wildman–Crippen LogP) is 1.50. The normalized spacial score (nSPS) is 11.7. The van der Waals surface area contributed by atoms with Crippen molar-refractivity contribution in [3.8, 4) is 5.75 Å². The number of carbonyl (C=O) groups excluding carboxylic acids is 1. The lowest BCUT2D eigenvalue weighted by molar-refractivity contribution is -0.150. The van der Waals surface area contributed by atoms with Crippen molar-refractivity contribution < 1.29 is 24.2 Å². The minimum Gasteiger partial charge on any atom is -0.497 e. The Balaban J connectivity index is 2.81. The molecular formula is C13H16O5. The molecule has 5 nitrogen and oxygen atoms in total. The second-order valence-corrected chi connectivity index (χ2v) is 3.87. The molecule has 1 atom stereocenters. The summed E-state index contributed by atoms with van der Waals surface area (Å²) in [4.78, 5) is 22.2. The van der Waals surface area contributed by atoms with Crippen LogP contribution in [0.25, 0.3) is 0 Å². The number of benzene rings is 1. The van der Waals surface area contributed by atoms with Crippen molar-refractivity contribution in [3.63, 3.8) is 0 Å². The van der Waals surface area contributed by atoms with Crippen molar-refractivity contribution >= 4 is 11.9 Å². The first-order valence-electron chi connectivity index (χ1n) is 5.49. The Hall–Kier alpha value is -2.04. The van der Waals surface area contributed by atoms with E-state index in [4.69, 9.17) is 9.84 Å². The molecule has 0 amide bonds. The lowest BCUT2D eigenvalue weighted by atomic mass is 9.96. The van der Waals surface area contributed by atoms with Gasteiger partial charge < -0.3 is 14.6 Å². The van der Waals surface area contributed by atoms with Crippen molar-refractivity contribution in [2.24, 2.45) is 5.92 Å². The van der Waals surface area contributed by atoms with Gasteiger partial charge in [-0.05, 0) is 24.1 Å². The van der Waals surface area contributed by atoms with Gasteiger partial charge in [0.25, 0.3) is 0 Å². The highest BCUT2D eigenvalue weighted by atomic mass is 16.5. The van der Waals surface area contributed by atoms with Crippen LogP contribution in [-0.2, 0) is 20.7 Å². The Labute approximate surface area is 105 Å². The average Bonchev–Trinajstić information content (AvgIpc) is 2.36. The van der Waals surface area contributed by atoms with Crippen LogP contribution < -0.4 is 4.74 Å². The molecule has 1 aromatic rings. The van der Waals surface area contributed by atoms with Gasteiger partial charge in [-0.2, -0.15) is 0 Å². The van der Waals surface area contributed by atoms with E-state index < -0.39 is 17.9 Å². The quantitative estimate of drug-likeness (QED) is 0.777. The summed E-state index contributed by atoms with van der Waals surface area (Å²) in [7, 11) is 2.80. The monoisotopic (exact) mass is 252 g/mol. The topological polar surface area (TPSA) is 72.8 Å². The maximum absolute atomic E-state index is 11.5. The zero-order valence-electron chi connectivity index (χ0n) is 10.4. The summed E-state index contributed by atoms with van der Waals surface area (Å²) < 4.78 is 9.68. The molecule has 0 bridgehead atoms. The van der Waals surface area contributed by atoms with Gasteiger partial charge in [-0.1, -0.05) is 12.1 Å². The molecule has 98 valence electrons. The number of hydrogen-bond donors (Lipinski definition) is 1. The van der Waals surface area contributed by atoms with Gasteiger partial charge in [0.1, 0.15) is 5.75 Å². The lowest BCUT2D eigenvalue weighted by Gasteiger charge is -2.13. The second-order valence-electron chi connectivity index (χ2n) is 3.87. The SMILES string of the molecule is COC(=O)[C@@H](CC(=O)O)Cc1cccc(OC)c1. The van der Waals surface area contributed by atoms with Crippen LogP contribution in [0.1, 0.15) is 12.0 Å². The number of carboxylic acids is 1. The molecule has 0 aliphatic rings. The fraction of sp³-hybridized carbons (Fsp3) is 0.385. The van der Waals surface area contributed by atoms with Crippen LogP contribution >= 0.6 is 0 Å². The van der Waals surface area contributed by atoms with Crippen molar-refractivity contribution in [1.82, 2.24) is 0 Å². The minimum absolute atomic E-state index is 0.246. The molecule has 0 saturated heterocycles. The average molecular weight is 252 g/mol. The molecule has 0 radical (unpaired) electrons. The molecule has 1 rings (SSSR count). The van der Waals surface area contributed by atoms with Crippen LogP contribution in [-0.4, -0.2) is 31.3 Å². The third-order valence-corrected chi connectivity index (χ3v) is 2.57. The summed E-state index contributed by atoms with van der Waals surface area (Å²) in [6.07, 6.45) is 0.0695. The Morgan fingerprint density at radius 2 is 2.06 bits per heavy atom. The van der Waals surface area contributed by atoms with Gasteiger partial charge >= 0.3 is 11.9 Å². The number of carboxylic acid groups (broad SMARTS) is 1. The zero-order chi connectivity index (χ0) is 13.5. The van der Waals surface area contributed by atoms with Gasteiger partial charge in [-0.3, -0.25) is 9.59 Å². The number of carbonyl (C=O) groups is 2. The van der Waals surface area contributed by atoms with Crippen molar-refractivity contribution in [2.45, 2.75) is 12.8 Å². The highest BCUT2D eigenvalue weighted by Crippen LogP contribution is 2.18. The van der Waals surface area contributed by atoms with E-state index in [-0.39, 0.29) is 6.42 Å². The summed E-state index contributed by atoms with van der Waals surface area (Å²) >= 11 is 0. The molecule has 0 unspecified atom stereocenters. The standard InChI is InChI=1S/C13H16O5/c1-17-11-5-3-4-9(7-11)6-10(8-12(14)15)13(16)18-2/h3-5,7,10H,6,8H2,1-2H3,(H,14,15)/t10-/m1/s1. The Kier molecular flexibility index (Phi) is 5.17. The molecule has 0 aliphatic carbocycles. The van der Waals surface area contributed by atoms with Crippen molar-refractivity contribution in [3.05, 3.63) is 29.8 Å². The molecule has 0 aromatic heterocycles. The van der Waals surface area contributed by atoms with Crippen LogP contribution in [0.5, 0.6) is 5.75 Å². The van der Waals surface area contributed by atoms with Crippen molar-refractivity contribution in [1.29, 1.82) is 0 Å². The number of esters is 1. The summed E-state index contributed by atoms with van der Waals surface area (Å²) in [6, 6.07) is 7.18. The molecule has 18 heavy (non-hydrogen) atoms. The van der Waals surface area contributed by atoms with E-state index in [0.717, 1.165) is 5.56 Å². The first-order chi connectivity index (χ1) is 8.56. The molecule has 0 spiro atoms. The summed E-state index contributed by atoms with van der Waals surface area (Å²) in [6.45, 7) is 0. The molecule has 1 N–H and O–H groups in total. The smallest absolute Gasteiger partial charge is 0.309 e. The zero-order valence-corrected chi connectivity index (χ0v) is 10.4. The Morgan fingerprint density at radius 3 is 2.61 bits per heavy atom. The summed E-state index contributed by atoms with van der Waals surface area (Å²) in [5.74, 6) is -1.54. The van der Waals surface area contributed by atoms with E-state index in [9.17, 15) is 9.59 Å². The van der Waals surface area contributed by atoms with Gasteiger partial charge in [-0.15, -0.1) is 0 Å². The van der Waals surface area contributed by atoms with Gasteiger partial charge in [-0.25, -0.2) is 0 Å². The Morgan fingerprint density at radius 1 is 1.33 bits per heavy atom. The van der Waals surface area contributed by atoms with E-state index in [1.54, 1.807) is 25.3 Å². The maximum atomic E-state index is 11.5. The Bertz CT molecular complexity index is 427. The maximum Gasteiger partial charge on any atom is 0.309 e. The fourth-order valence-corrected chi connectivity index (χ4v) is 1.70. The van der Waals surface area contributed by atoms with Gasteiger partial charge in [0.2, 0.25) is 0 Å². The molecule has 0 aliphatic heterocycles. The number of aliphatic carboxylic acids is 1. The van der Waals surface area contributed by atoms with Crippen LogP contribution in [0, 0.1) is 5.92 Å². The number of hydrogen-bond acceptors (Lipinski definition) is 4.